The summed E-state index contributed by atoms with van der Waals surface area (Å²) in [7, 11) is -4.22. The van der Waals surface area contributed by atoms with Crippen LogP contribution >= 0.6 is 18.9 Å². The number of carbonyl (C=O) groups excluding carboxylic acids is 3. The maximum absolute atomic E-state index is 14.2. The van der Waals surface area contributed by atoms with E-state index in [1.807, 2.05) is 28.1 Å². The van der Waals surface area contributed by atoms with Gasteiger partial charge in [-0.15, -0.1) is 11.3 Å². The van der Waals surface area contributed by atoms with Gasteiger partial charge < -0.3 is 24.9 Å². The van der Waals surface area contributed by atoms with Gasteiger partial charge in [-0.3, -0.25) is 23.9 Å². The second-order valence-corrected chi connectivity index (χ2v) is 15.8. The Morgan fingerprint density at radius 3 is 2.72 bits per heavy atom. The van der Waals surface area contributed by atoms with Crippen molar-refractivity contribution in [3.63, 3.8) is 0 Å². The lowest BCUT2D eigenvalue weighted by atomic mass is 9.90. The molecule has 4 aliphatic rings. The predicted molar refractivity (Wildman–Crippen MR) is 161 cm³/mol. The van der Waals surface area contributed by atoms with Gasteiger partial charge in [0.1, 0.15) is 12.1 Å². The van der Waals surface area contributed by atoms with Gasteiger partial charge in [0.15, 0.2) is 0 Å². The summed E-state index contributed by atoms with van der Waals surface area (Å²) >= 11 is 1.28. The number of rotatable bonds is 6. The van der Waals surface area contributed by atoms with Gasteiger partial charge in [-0.2, -0.15) is 0 Å². The molecule has 43 heavy (non-hydrogen) atoms. The first kappa shape index (κ1) is 28.6. The Labute approximate surface area is 253 Å². The zero-order chi connectivity index (χ0) is 30.1. The maximum Gasteiger partial charge on any atom is 0.329 e. The van der Waals surface area contributed by atoms with Crippen molar-refractivity contribution in [1.82, 2.24) is 20.1 Å². The number of hydrogen-bond acceptors (Lipinski definition) is 6. The maximum atomic E-state index is 14.2. The van der Waals surface area contributed by atoms with E-state index in [2.05, 4.69) is 17.2 Å². The fraction of sp³-hybridized carbons (Fsp3) is 0.484. The van der Waals surface area contributed by atoms with Gasteiger partial charge in [-0.25, -0.2) is 0 Å². The van der Waals surface area contributed by atoms with Crippen LogP contribution in [0.25, 0.3) is 10.1 Å². The molecular formula is C31H35N4O6PS. The van der Waals surface area contributed by atoms with E-state index in [-0.39, 0.29) is 41.3 Å². The first-order chi connectivity index (χ1) is 20.5. The van der Waals surface area contributed by atoms with Crippen molar-refractivity contribution in [3.8, 4) is 0 Å². The quantitative estimate of drug-likeness (QED) is 0.355. The summed E-state index contributed by atoms with van der Waals surface area (Å²) in [5, 5.41) is 3.75. The largest absolute Gasteiger partial charge is 0.340 e. The molecule has 5 atom stereocenters. The van der Waals surface area contributed by atoms with Crippen LogP contribution in [0.1, 0.15) is 65.7 Å². The van der Waals surface area contributed by atoms with E-state index < -0.39 is 19.7 Å². The zero-order valence-corrected chi connectivity index (χ0v) is 25.6. The van der Waals surface area contributed by atoms with Crippen molar-refractivity contribution in [2.24, 2.45) is 11.3 Å². The Balaban J connectivity index is 1.08. The van der Waals surface area contributed by atoms with E-state index in [1.165, 1.54) is 11.3 Å². The Bertz CT molecular complexity index is 1650. The van der Waals surface area contributed by atoms with Crippen LogP contribution in [0.2, 0.25) is 0 Å². The Kier molecular flexibility index (Phi) is 7.00. The van der Waals surface area contributed by atoms with E-state index in [1.54, 1.807) is 30.5 Å². The number of carbonyl (C=O) groups is 3. The highest BCUT2D eigenvalue weighted by Gasteiger charge is 2.58. The van der Waals surface area contributed by atoms with Gasteiger partial charge in [-0.05, 0) is 84.2 Å². The number of likely N-dealkylation sites (tertiary alicyclic amines) is 1. The number of amides is 3. The zero-order valence-electron chi connectivity index (χ0n) is 23.9. The number of nitrogens with zero attached hydrogens (tertiary/aromatic N) is 3. The Morgan fingerprint density at radius 2 is 1.98 bits per heavy atom. The number of pyridine rings is 1. The number of hydrogen-bond donors (Lipinski definition) is 3. The SMILES string of the molecule is C[C@@]12C[C@H]3CC[C@@H](C(=O)N4CC(c5cccnc5)C4)N3C(=O)[C@@H](NC(=O)c3cc4cc(CP(=O)(O)O)ccc4s3)C[C@@H]1C2. The van der Waals surface area contributed by atoms with Gasteiger partial charge in [0, 0.05) is 42.1 Å². The van der Waals surface area contributed by atoms with Crippen molar-refractivity contribution < 1.29 is 28.7 Å². The standard InChI is InChI=1S/C31H35N4O6PS/c1-31-12-22(31)11-24(33-28(36)27-10-20-9-18(17-42(39,40)41)4-7-26(20)43-27)29(37)35-23(13-31)5-6-25(35)30(38)34-15-21(16-34)19-3-2-8-32-14-19/h2-4,7-10,14,21-25H,5-6,11-13,15-17H2,1H3,(H,33,36)(H2,39,40,41)/t22-,23-,24+,25+,31-/m1/s1. The monoisotopic (exact) mass is 622 g/mol. The van der Waals surface area contributed by atoms with Crippen LogP contribution in [0.5, 0.6) is 0 Å². The molecule has 3 saturated heterocycles. The third kappa shape index (κ3) is 5.52. The molecule has 1 saturated carbocycles. The number of thiophene rings is 1. The second-order valence-electron chi connectivity index (χ2n) is 13.0. The molecule has 4 fully saturated rings. The van der Waals surface area contributed by atoms with Gasteiger partial charge in [0.2, 0.25) is 11.8 Å². The number of fused-ring (bicyclic) bond motifs is 3. The van der Waals surface area contributed by atoms with Crippen LogP contribution in [0.3, 0.4) is 0 Å². The minimum atomic E-state index is -4.22. The molecule has 3 amide bonds. The summed E-state index contributed by atoms with van der Waals surface area (Å²) in [5.74, 6) is 0.0871. The lowest BCUT2D eigenvalue weighted by molar-refractivity contribution is -0.150. The van der Waals surface area contributed by atoms with Gasteiger partial charge in [0.25, 0.3) is 5.91 Å². The van der Waals surface area contributed by atoms with Crippen molar-refractivity contribution in [3.05, 3.63) is 64.8 Å². The van der Waals surface area contributed by atoms with Crippen LogP contribution in [0.15, 0.2) is 48.8 Å². The molecule has 0 bridgehead atoms. The predicted octanol–water partition coefficient (Wildman–Crippen LogP) is 3.88. The van der Waals surface area contributed by atoms with Crippen molar-refractivity contribution in [2.45, 2.75) is 69.2 Å². The molecule has 3 N–H and O–H groups in total. The molecule has 1 aromatic carbocycles. The molecule has 226 valence electrons. The summed E-state index contributed by atoms with van der Waals surface area (Å²) in [6, 6.07) is 9.52. The summed E-state index contributed by atoms with van der Waals surface area (Å²) in [6.07, 6.45) is 7.10. The molecule has 0 radical (unpaired) electrons. The van der Waals surface area contributed by atoms with Gasteiger partial charge in [0.05, 0.1) is 11.0 Å². The minimum Gasteiger partial charge on any atom is -0.340 e. The Morgan fingerprint density at radius 1 is 1.16 bits per heavy atom. The molecule has 1 aliphatic carbocycles. The van der Waals surface area contributed by atoms with E-state index >= 15 is 0 Å². The summed E-state index contributed by atoms with van der Waals surface area (Å²) in [4.78, 5) is 68.4. The average Bonchev–Trinajstić information content (AvgIpc) is 3.24. The van der Waals surface area contributed by atoms with Crippen LogP contribution in [0.4, 0.5) is 0 Å². The Hall–Kier alpha value is -3.11. The van der Waals surface area contributed by atoms with E-state index in [0.29, 0.717) is 42.3 Å². The highest BCUT2D eigenvalue weighted by molar-refractivity contribution is 7.50. The third-order valence-corrected chi connectivity index (χ3v) is 11.8. The van der Waals surface area contributed by atoms with E-state index in [9.17, 15) is 28.7 Å². The molecule has 0 spiro atoms. The number of aromatic nitrogens is 1. The molecule has 2 aromatic heterocycles. The van der Waals surface area contributed by atoms with Crippen molar-refractivity contribution in [2.75, 3.05) is 13.1 Å². The van der Waals surface area contributed by atoms with Gasteiger partial charge in [-0.1, -0.05) is 19.1 Å². The second kappa shape index (κ2) is 10.5. The molecule has 0 unspecified atom stereocenters. The highest BCUT2D eigenvalue weighted by Crippen LogP contribution is 2.60. The lowest BCUT2D eigenvalue weighted by Crippen LogP contribution is -2.60. The normalized spacial score (nSPS) is 29.0. The van der Waals surface area contributed by atoms with Crippen LogP contribution in [-0.4, -0.2) is 73.5 Å². The molecule has 3 aliphatic heterocycles. The van der Waals surface area contributed by atoms with Crippen LogP contribution < -0.4 is 5.32 Å². The summed E-state index contributed by atoms with van der Waals surface area (Å²) in [5.41, 5.74) is 1.73. The number of nitrogens with one attached hydrogen (secondary N) is 1. The van der Waals surface area contributed by atoms with E-state index in [0.717, 1.165) is 34.9 Å². The molecule has 7 rings (SSSR count). The highest BCUT2D eigenvalue weighted by atomic mass is 32.1. The van der Waals surface area contributed by atoms with E-state index in [4.69, 9.17) is 0 Å². The molecule has 3 aromatic rings. The summed E-state index contributed by atoms with van der Waals surface area (Å²) < 4.78 is 12.3. The van der Waals surface area contributed by atoms with Crippen molar-refractivity contribution in [1.29, 1.82) is 0 Å². The van der Waals surface area contributed by atoms with Crippen LogP contribution in [0, 0.1) is 11.3 Å². The fourth-order valence-electron chi connectivity index (χ4n) is 7.47. The molecule has 12 heteroatoms. The topological polar surface area (TPSA) is 140 Å². The van der Waals surface area contributed by atoms with Crippen LogP contribution in [-0.2, 0) is 20.3 Å². The average molecular weight is 623 g/mol. The smallest absolute Gasteiger partial charge is 0.329 e. The molecule has 5 heterocycles. The number of benzene rings is 1. The van der Waals surface area contributed by atoms with Crippen molar-refractivity contribution >= 4 is 46.7 Å². The summed E-state index contributed by atoms with van der Waals surface area (Å²) in [6.45, 7) is 3.50. The molecule has 10 nitrogen and oxygen atoms in total. The third-order valence-electron chi connectivity index (χ3n) is 9.95. The lowest BCUT2D eigenvalue weighted by Gasteiger charge is -2.43. The first-order valence-corrected chi connectivity index (χ1v) is 17.5. The fourth-order valence-corrected chi connectivity index (χ4v) is 9.09. The molecular weight excluding hydrogens is 587 g/mol. The minimum absolute atomic E-state index is 0.00485. The van der Waals surface area contributed by atoms with Gasteiger partial charge >= 0.3 is 7.60 Å². The first-order valence-electron chi connectivity index (χ1n) is 14.9.